The van der Waals surface area contributed by atoms with Crippen LogP contribution in [0.5, 0.6) is 5.75 Å². The molecular weight excluding hydrogens is 324 g/mol. The molecule has 0 atom stereocenters. The third-order valence-corrected chi connectivity index (χ3v) is 4.12. The zero-order chi connectivity index (χ0) is 15.0. The Kier molecular flexibility index (Phi) is 3.85. The van der Waals surface area contributed by atoms with Gasteiger partial charge < -0.3 is 9.84 Å². The first-order valence-electron chi connectivity index (χ1n) is 6.00. The second-order valence-corrected chi connectivity index (χ2v) is 5.40. The van der Waals surface area contributed by atoms with E-state index in [0.717, 1.165) is 22.3 Å². The highest BCUT2D eigenvalue weighted by atomic mass is 79.9. The minimum absolute atomic E-state index is 0.0275. The number of rotatable bonds is 3. The molecule has 1 aromatic heterocycles. The van der Waals surface area contributed by atoms with Gasteiger partial charge in [-0.2, -0.15) is 5.10 Å². The van der Waals surface area contributed by atoms with Crippen molar-refractivity contribution in [2.24, 2.45) is 0 Å². The average Bonchev–Trinajstić information content (AvgIpc) is 2.75. The molecule has 5 nitrogen and oxygen atoms in total. The van der Waals surface area contributed by atoms with Gasteiger partial charge in [-0.1, -0.05) is 6.07 Å². The molecule has 106 valence electrons. The molecule has 0 aliphatic carbocycles. The van der Waals surface area contributed by atoms with E-state index in [1.165, 1.54) is 0 Å². The molecule has 2 N–H and O–H groups in total. The number of nitrogens with one attached hydrogen (secondary N) is 1. The van der Waals surface area contributed by atoms with E-state index >= 15 is 0 Å². The van der Waals surface area contributed by atoms with Crippen molar-refractivity contribution in [3.8, 4) is 17.0 Å². The van der Waals surface area contributed by atoms with Gasteiger partial charge in [0.1, 0.15) is 11.4 Å². The van der Waals surface area contributed by atoms with Crippen molar-refractivity contribution in [3.63, 3.8) is 0 Å². The van der Waals surface area contributed by atoms with E-state index < -0.39 is 5.97 Å². The second kappa shape index (κ2) is 5.28. The molecule has 2 rings (SSSR count). The summed E-state index contributed by atoms with van der Waals surface area (Å²) < 4.78 is 5.92. The predicted molar refractivity (Wildman–Crippen MR) is 79.4 cm³/mol. The number of H-pyrrole nitrogens is 1. The number of aromatic amines is 1. The Morgan fingerprint density at radius 3 is 2.50 bits per heavy atom. The molecule has 20 heavy (non-hydrogen) atoms. The number of carbonyl (C=O) groups is 1. The third-order valence-electron chi connectivity index (χ3n) is 3.35. The summed E-state index contributed by atoms with van der Waals surface area (Å²) in [4.78, 5) is 11.1. The molecule has 1 heterocycles. The maximum atomic E-state index is 11.1. The molecule has 0 amide bonds. The molecule has 0 saturated heterocycles. The number of carboxylic acids is 1. The van der Waals surface area contributed by atoms with Crippen molar-refractivity contribution >= 4 is 21.9 Å². The lowest BCUT2D eigenvalue weighted by Gasteiger charge is -2.15. The zero-order valence-electron chi connectivity index (χ0n) is 11.7. The van der Waals surface area contributed by atoms with Crippen molar-refractivity contribution in [3.05, 3.63) is 32.9 Å². The molecule has 0 spiro atoms. The summed E-state index contributed by atoms with van der Waals surface area (Å²) in [5, 5.41) is 15.7. The fourth-order valence-electron chi connectivity index (χ4n) is 2.24. The number of carboxylic acid groups (broad SMARTS) is 1. The Morgan fingerprint density at radius 2 is 2.00 bits per heavy atom. The molecule has 2 aromatic rings. The highest BCUT2D eigenvalue weighted by Crippen LogP contribution is 2.40. The Hall–Kier alpha value is -1.82. The number of ether oxygens (including phenoxy) is 1. The van der Waals surface area contributed by atoms with Gasteiger partial charge in [0.2, 0.25) is 0 Å². The summed E-state index contributed by atoms with van der Waals surface area (Å²) in [5.41, 5.74) is 4.48. The van der Waals surface area contributed by atoms with Gasteiger partial charge >= 0.3 is 5.97 Å². The largest absolute Gasteiger partial charge is 0.496 e. The van der Waals surface area contributed by atoms with Gasteiger partial charge in [-0.3, -0.25) is 5.10 Å². The zero-order valence-corrected chi connectivity index (χ0v) is 13.3. The number of aryl methyl sites for hydroxylation is 2. The number of halogens is 1. The molecule has 6 heteroatoms. The summed E-state index contributed by atoms with van der Waals surface area (Å²) >= 11 is 3.30. The minimum Gasteiger partial charge on any atom is -0.496 e. The van der Waals surface area contributed by atoms with E-state index in [1.807, 2.05) is 26.8 Å². The summed E-state index contributed by atoms with van der Waals surface area (Å²) in [6.45, 7) is 5.93. The van der Waals surface area contributed by atoms with Crippen LogP contribution in [0, 0.1) is 20.8 Å². The summed E-state index contributed by atoms with van der Waals surface area (Å²) in [6, 6.07) is 2.04. The molecule has 0 aliphatic rings. The van der Waals surface area contributed by atoms with Gasteiger partial charge in [-0.15, -0.1) is 0 Å². The van der Waals surface area contributed by atoms with Gasteiger partial charge in [-0.05, 0) is 53.4 Å². The van der Waals surface area contributed by atoms with Crippen LogP contribution in [0.2, 0.25) is 0 Å². The Labute approximate surface area is 125 Å². The first kappa shape index (κ1) is 14.6. The number of hydrogen-bond acceptors (Lipinski definition) is 3. The number of methoxy groups -OCH3 is 1. The van der Waals surface area contributed by atoms with E-state index in [9.17, 15) is 4.79 Å². The highest BCUT2D eigenvalue weighted by molar-refractivity contribution is 9.10. The van der Waals surface area contributed by atoms with Gasteiger partial charge in [0, 0.05) is 5.56 Å². The van der Waals surface area contributed by atoms with E-state index in [2.05, 4.69) is 26.1 Å². The lowest BCUT2D eigenvalue weighted by molar-refractivity contribution is 0.0689. The third kappa shape index (κ3) is 2.20. The van der Waals surface area contributed by atoms with Crippen molar-refractivity contribution < 1.29 is 14.6 Å². The molecular formula is C14H15BrN2O3. The van der Waals surface area contributed by atoms with Crippen molar-refractivity contribution in [1.29, 1.82) is 0 Å². The van der Waals surface area contributed by atoms with Gasteiger partial charge in [-0.25, -0.2) is 4.79 Å². The summed E-state index contributed by atoms with van der Waals surface area (Å²) in [5.74, 6) is -0.345. The molecule has 0 radical (unpaired) electrons. The number of aromatic carboxylic acids is 1. The van der Waals surface area contributed by atoms with Crippen LogP contribution in [0.3, 0.4) is 0 Å². The van der Waals surface area contributed by atoms with E-state index in [0.29, 0.717) is 15.9 Å². The Bertz CT molecular complexity index is 692. The van der Waals surface area contributed by atoms with Crippen molar-refractivity contribution in [2.45, 2.75) is 20.8 Å². The molecule has 0 fully saturated rings. The van der Waals surface area contributed by atoms with Crippen LogP contribution in [0.15, 0.2) is 10.5 Å². The van der Waals surface area contributed by atoms with E-state index in [4.69, 9.17) is 9.84 Å². The Morgan fingerprint density at radius 1 is 1.35 bits per heavy atom. The van der Waals surface area contributed by atoms with Crippen molar-refractivity contribution in [1.82, 2.24) is 10.2 Å². The monoisotopic (exact) mass is 338 g/mol. The SMILES string of the molecule is COc1c(C)c(C)cc(C)c1-c1n[nH]c(C(=O)O)c1Br. The van der Waals surface area contributed by atoms with Crippen LogP contribution < -0.4 is 4.74 Å². The highest BCUT2D eigenvalue weighted by Gasteiger charge is 2.23. The van der Waals surface area contributed by atoms with Gasteiger partial charge in [0.05, 0.1) is 11.6 Å². The maximum Gasteiger partial charge on any atom is 0.355 e. The normalized spacial score (nSPS) is 10.7. The number of hydrogen-bond donors (Lipinski definition) is 2. The summed E-state index contributed by atoms with van der Waals surface area (Å²) in [7, 11) is 1.60. The van der Waals surface area contributed by atoms with Crippen LogP contribution in [0.25, 0.3) is 11.3 Å². The average molecular weight is 339 g/mol. The van der Waals surface area contributed by atoms with Crippen LogP contribution in [0.4, 0.5) is 0 Å². The molecule has 1 aromatic carbocycles. The molecule has 0 aliphatic heterocycles. The van der Waals surface area contributed by atoms with Gasteiger partial charge in [0.15, 0.2) is 5.69 Å². The first-order valence-corrected chi connectivity index (χ1v) is 6.80. The van der Waals surface area contributed by atoms with E-state index in [-0.39, 0.29) is 5.69 Å². The molecule has 0 unspecified atom stereocenters. The quantitative estimate of drug-likeness (QED) is 0.898. The lowest BCUT2D eigenvalue weighted by atomic mass is 9.97. The second-order valence-electron chi connectivity index (χ2n) is 4.61. The lowest BCUT2D eigenvalue weighted by Crippen LogP contribution is -1.98. The van der Waals surface area contributed by atoms with Crippen molar-refractivity contribution in [2.75, 3.05) is 7.11 Å². The number of nitrogens with zero attached hydrogens (tertiary/aromatic N) is 1. The smallest absolute Gasteiger partial charge is 0.355 e. The molecule has 0 saturated carbocycles. The number of benzene rings is 1. The van der Waals surface area contributed by atoms with Crippen LogP contribution in [0.1, 0.15) is 27.2 Å². The van der Waals surface area contributed by atoms with E-state index in [1.54, 1.807) is 7.11 Å². The predicted octanol–water partition coefficient (Wildman–Crippen LogP) is 3.47. The maximum absolute atomic E-state index is 11.1. The fourth-order valence-corrected chi connectivity index (χ4v) is 2.78. The number of aromatic nitrogens is 2. The van der Waals surface area contributed by atoms with Crippen LogP contribution in [-0.4, -0.2) is 28.4 Å². The standard InChI is InChI=1S/C14H15BrN2O3/c1-6-5-7(2)9(13(20-4)8(6)3)11-10(15)12(14(18)19)17-16-11/h5H,1-4H3,(H,16,17)(H,18,19). The first-order chi connectivity index (χ1) is 9.38. The summed E-state index contributed by atoms with van der Waals surface area (Å²) in [6.07, 6.45) is 0. The van der Waals surface area contributed by atoms with Crippen LogP contribution in [-0.2, 0) is 0 Å². The van der Waals surface area contributed by atoms with Crippen LogP contribution >= 0.6 is 15.9 Å². The fraction of sp³-hybridized carbons (Fsp3) is 0.286. The topological polar surface area (TPSA) is 75.2 Å². The minimum atomic E-state index is -1.06. The molecule has 0 bridgehead atoms. The van der Waals surface area contributed by atoms with Gasteiger partial charge in [0.25, 0.3) is 0 Å². The Balaban J connectivity index is 2.76.